The summed E-state index contributed by atoms with van der Waals surface area (Å²) in [6, 6.07) is 8.09. The number of benzene rings is 1. The van der Waals surface area contributed by atoms with E-state index < -0.39 is 18.0 Å². The zero-order valence-corrected chi connectivity index (χ0v) is 20.7. The molecule has 3 aromatic rings. The monoisotopic (exact) mass is 504 g/mol. The molecular weight excluding hydrogens is 475 g/mol. The third-order valence-electron chi connectivity index (χ3n) is 7.19. The average molecular weight is 505 g/mol. The van der Waals surface area contributed by atoms with Gasteiger partial charge >= 0.3 is 0 Å². The van der Waals surface area contributed by atoms with Crippen molar-refractivity contribution in [3.8, 4) is 11.1 Å². The molecule has 1 aromatic carbocycles. The molecule has 2 aliphatic rings. The summed E-state index contributed by atoms with van der Waals surface area (Å²) in [4.78, 5) is 36.9. The molecule has 9 nitrogen and oxygen atoms in total. The van der Waals surface area contributed by atoms with Gasteiger partial charge in [0.25, 0.3) is 11.7 Å². The Labute approximate surface area is 214 Å². The number of nitrogens with one attached hydrogen (secondary N) is 1. The van der Waals surface area contributed by atoms with E-state index >= 15 is 0 Å². The minimum Gasteiger partial charge on any atom is -0.366 e. The van der Waals surface area contributed by atoms with E-state index in [-0.39, 0.29) is 17.6 Å². The van der Waals surface area contributed by atoms with Crippen LogP contribution in [0.5, 0.6) is 0 Å². The molecule has 10 heteroatoms. The molecular formula is C27H29FN6O3. The van der Waals surface area contributed by atoms with Crippen molar-refractivity contribution in [3.05, 3.63) is 72.2 Å². The summed E-state index contributed by atoms with van der Waals surface area (Å²) in [5.41, 5.74) is 4.39. The second-order valence-corrected chi connectivity index (χ2v) is 9.57. The van der Waals surface area contributed by atoms with Crippen LogP contribution < -0.4 is 10.2 Å². The lowest BCUT2D eigenvalue weighted by molar-refractivity contribution is -0.126. The number of rotatable bonds is 8. The van der Waals surface area contributed by atoms with Gasteiger partial charge in [-0.25, -0.2) is 4.39 Å². The lowest BCUT2D eigenvalue weighted by Crippen LogP contribution is -2.48. The molecule has 0 atom stereocenters. The Kier molecular flexibility index (Phi) is 6.73. The summed E-state index contributed by atoms with van der Waals surface area (Å²) in [5, 5.41) is 6.55. The highest BCUT2D eigenvalue weighted by molar-refractivity contribution is 5.90. The fraction of sp³-hybridized carbons (Fsp3) is 0.370. The number of anilines is 1. The molecule has 0 unspecified atom stereocenters. The summed E-state index contributed by atoms with van der Waals surface area (Å²) in [6.45, 7) is 8.00. The number of piperazine rings is 1. The Balaban J connectivity index is 1.26. The summed E-state index contributed by atoms with van der Waals surface area (Å²) in [7, 11) is 0. The molecule has 2 aromatic heterocycles. The quantitative estimate of drug-likeness (QED) is 0.470. The van der Waals surface area contributed by atoms with Crippen molar-refractivity contribution < 1.29 is 18.5 Å². The molecule has 1 aliphatic heterocycles. The second-order valence-electron chi connectivity index (χ2n) is 9.57. The number of hydrogen-bond donors (Lipinski definition) is 1. The second kappa shape index (κ2) is 10.1. The van der Waals surface area contributed by atoms with Gasteiger partial charge in [0.15, 0.2) is 0 Å². The minimum absolute atomic E-state index is 0.0456. The number of halogens is 1. The fourth-order valence-corrected chi connectivity index (χ4v) is 4.58. The Hall–Kier alpha value is -4.08. The van der Waals surface area contributed by atoms with Crippen LogP contribution in [0.3, 0.4) is 0 Å². The van der Waals surface area contributed by atoms with Gasteiger partial charge in [-0.2, -0.15) is 4.98 Å². The van der Waals surface area contributed by atoms with Gasteiger partial charge < -0.3 is 19.6 Å². The van der Waals surface area contributed by atoms with Crippen molar-refractivity contribution in [1.29, 1.82) is 0 Å². The Bertz CT molecular complexity index is 1330. The van der Waals surface area contributed by atoms with E-state index in [0.717, 1.165) is 27.9 Å². The molecule has 5 rings (SSSR count). The molecule has 2 fully saturated rings. The number of alkyl halides is 1. The molecule has 2 amide bonds. The van der Waals surface area contributed by atoms with Gasteiger partial charge in [-0.3, -0.25) is 14.6 Å². The van der Waals surface area contributed by atoms with Crippen molar-refractivity contribution in [1.82, 2.24) is 25.3 Å². The largest absolute Gasteiger partial charge is 0.366 e. The number of pyridine rings is 1. The standard InChI is InChI=1S/C27H29FN6O3/c1-3-23(35)34-12-10-33(11-13-34)22-16-29-9-6-21(22)19-4-5-20(18(2)14-19)15-30-25(36)24-31-26(37-32-24)27(17-28)7-8-27/h3-6,9,14,16H,1,7-8,10-13,15,17H2,2H3,(H,30,36). The predicted molar refractivity (Wildman–Crippen MR) is 136 cm³/mol. The number of amides is 2. The van der Waals surface area contributed by atoms with E-state index in [1.54, 1.807) is 11.1 Å². The summed E-state index contributed by atoms with van der Waals surface area (Å²) in [6.07, 6.45) is 6.30. The van der Waals surface area contributed by atoms with Crippen LogP contribution in [-0.4, -0.2) is 64.7 Å². The van der Waals surface area contributed by atoms with Crippen LogP contribution in [0, 0.1) is 6.92 Å². The van der Waals surface area contributed by atoms with Crippen LogP contribution >= 0.6 is 0 Å². The van der Waals surface area contributed by atoms with Crippen molar-refractivity contribution >= 4 is 17.5 Å². The van der Waals surface area contributed by atoms with Gasteiger partial charge in [-0.1, -0.05) is 29.9 Å². The highest BCUT2D eigenvalue weighted by Crippen LogP contribution is 2.47. The van der Waals surface area contributed by atoms with Crippen LogP contribution in [0.4, 0.5) is 10.1 Å². The van der Waals surface area contributed by atoms with Gasteiger partial charge in [0.05, 0.1) is 17.3 Å². The van der Waals surface area contributed by atoms with E-state index in [1.807, 2.05) is 31.3 Å². The number of aryl methyl sites for hydroxylation is 1. The number of carbonyl (C=O) groups excluding carboxylic acids is 2. The smallest absolute Gasteiger partial charge is 0.292 e. The van der Waals surface area contributed by atoms with Crippen molar-refractivity contribution in [2.24, 2.45) is 0 Å². The van der Waals surface area contributed by atoms with E-state index in [9.17, 15) is 14.0 Å². The molecule has 0 radical (unpaired) electrons. The number of carbonyl (C=O) groups is 2. The number of aromatic nitrogens is 3. The Morgan fingerprint density at radius 2 is 2.00 bits per heavy atom. The van der Waals surface area contributed by atoms with E-state index in [4.69, 9.17) is 4.52 Å². The van der Waals surface area contributed by atoms with Gasteiger partial charge in [0.2, 0.25) is 11.8 Å². The topological polar surface area (TPSA) is 104 Å². The van der Waals surface area contributed by atoms with Gasteiger partial charge in [-0.05, 0) is 48.6 Å². The predicted octanol–water partition coefficient (Wildman–Crippen LogP) is 3.21. The van der Waals surface area contributed by atoms with E-state index in [0.29, 0.717) is 45.6 Å². The van der Waals surface area contributed by atoms with Gasteiger partial charge in [-0.15, -0.1) is 0 Å². The minimum atomic E-state index is -0.694. The lowest BCUT2D eigenvalue weighted by atomic mass is 9.99. The summed E-state index contributed by atoms with van der Waals surface area (Å²) >= 11 is 0. The van der Waals surface area contributed by atoms with Crippen LogP contribution in [0.1, 0.15) is 40.5 Å². The zero-order chi connectivity index (χ0) is 26.0. The summed E-state index contributed by atoms with van der Waals surface area (Å²) in [5.74, 6) is -0.391. The SMILES string of the molecule is C=CC(=O)N1CCN(c2cnccc2-c2ccc(CNC(=O)c3noc(C4(CF)CC4)n3)c(C)c2)CC1. The van der Waals surface area contributed by atoms with Gasteiger partial charge in [0.1, 0.15) is 6.67 Å². The van der Waals surface area contributed by atoms with Crippen molar-refractivity contribution in [2.75, 3.05) is 37.8 Å². The van der Waals surface area contributed by atoms with Crippen LogP contribution in [0.2, 0.25) is 0 Å². The first-order valence-corrected chi connectivity index (χ1v) is 12.3. The Morgan fingerprint density at radius 1 is 1.22 bits per heavy atom. The van der Waals surface area contributed by atoms with Crippen LogP contribution in [0.15, 0.2) is 53.8 Å². The summed E-state index contributed by atoms with van der Waals surface area (Å²) < 4.78 is 18.4. The maximum atomic E-state index is 13.2. The maximum absolute atomic E-state index is 13.2. The van der Waals surface area contributed by atoms with E-state index in [1.165, 1.54) is 6.08 Å². The first-order valence-electron chi connectivity index (χ1n) is 12.3. The molecule has 1 saturated carbocycles. The fourth-order valence-electron chi connectivity index (χ4n) is 4.58. The third kappa shape index (κ3) is 4.96. The molecule has 1 aliphatic carbocycles. The molecule has 192 valence electrons. The first-order chi connectivity index (χ1) is 17.9. The highest BCUT2D eigenvalue weighted by atomic mass is 19.1. The highest BCUT2D eigenvalue weighted by Gasteiger charge is 2.50. The molecule has 37 heavy (non-hydrogen) atoms. The van der Waals surface area contributed by atoms with Gasteiger partial charge in [0, 0.05) is 44.5 Å². The number of nitrogens with zero attached hydrogens (tertiary/aromatic N) is 5. The lowest BCUT2D eigenvalue weighted by Gasteiger charge is -2.36. The molecule has 0 spiro atoms. The van der Waals surface area contributed by atoms with Crippen molar-refractivity contribution in [3.63, 3.8) is 0 Å². The molecule has 3 heterocycles. The zero-order valence-electron chi connectivity index (χ0n) is 20.7. The molecule has 0 bridgehead atoms. The third-order valence-corrected chi connectivity index (χ3v) is 7.19. The average Bonchev–Trinajstić information content (AvgIpc) is 3.58. The van der Waals surface area contributed by atoms with E-state index in [2.05, 4.69) is 38.0 Å². The van der Waals surface area contributed by atoms with Crippen LogP contribution in [0.25, 0.3) is 11.1 Å². The first kappa shape index (κ1) is 24.6. The maximum Gasteiger partial charge on any atom is 0.292 e. The normalized spacial score (nSPS) is 16.4. The molecule has 1 saturated heterocycles. The van der Waals surface area contributed by atoms with Crippen molar-refractivity contribution in [2.45, 2.75) is 31.7 Å². The molecule has 1 N–H and O–H groups in total. The number of hydrogen-bond acceptors (Lipinski definition) is 7. The van der Waals surface area contributed by atoms with Crippen LogP contribution in [-0.2, 0) is 16.8 Å². The Morgan fingerprint density at radius 3 is 2.68 bits per heavy atom.